The van der Waals surface area contributed by atoms with E-state index in [1.165, 1.54) is 6.39 Å². The molecule has 34 heavy (non-hydrogen) atoms. The lowest BCUT2D eigenvalue weighted by atomic mass is 10.1. The number of benzene rings is 2. The summed E-state index contributed by atoms with van der Waals surface area (Å²) in [7, 11) is 0. The second-order valence-corrected chi connectivity index (χ2v) is 8.52. The van der Waals surface area contributed by atoms with E-state index in [9.17, 15) is 9.59 Å². The Hall–Kier alpha value is -3.65. The topological polar surface area (TPSA) is 111 Å². The second kappa shape index (κ2) is 11.0. The lowest BCUT2D eigenvalue weighted by Crippen LogP contribution is -2.18. The Morgan fingerprint density at radius 2 is 1.88 bits per heavy atom. The number of aliphatic carboxylic acids is 1. The van der Waals surface area contributed by atoms with Crippen molar-refractivity contribution in [3.05, 3.63) is 72.1 Å². The number of ether oxygens (including phenoxy) is 2. The molecule has 0 radical (unpaired) electrons. The van der Waals surface area contributed by atoms with Gasteiger partial charge < -0.3 is 19.0 Å². The number of anilines is 1. The molecule has 1 heterocycles. The van der Waals surface area contributed by atoms with E-state index in [1.54, 1.807) is 6.92 Å². The van der Waals surface area contributed by atoms with E-state index in [1.807, 2.05) is 54.6 Å². The first-order valence-corrected chi connectivity index (χ1v) is 11.4. The summed E-state index contributed by atoms with van der Waals surface area (Å²) in [6.45, 7) is 2.13. The molecule has 1 aliphatic rings. The number of carbonyl (C=O) groups is 2. The monoisotopic (exact) mass is 464 g/mol. The largest absolute Gasteiger partial charge is 0.481 e. The third-order valence-electron chi connectivity index (χ3n) is 5.74. The lowest BCUT2D eigenvalue weighted by Gasteiger charge is -2.16. The molecule has 3 aromatic rings. The Bertz CT molecular complexity index is 1090. The molecule has 8 heteroatoms. The van der Waals surface area contributed by atoms with Crippen LogP contribution in [-0.4, -0.2) is 28.3 Å². The maximum Gasteiger partial charge on any atom is 0.414 e. The molecule has 2 N–H and O–H groups in total. The highest BCUT2D eigenvalue weighted by Crippen LogP contribution is 2.35. The zero-order valence-electron chi connectivity index (χ0n) is 19.0. The van der Waals surface area contributed by atoms with Gasteiger partial charge in [-0.1, -0.05) is 67.4 Å². The van der Waals surface area contributed by atoms with Gasteiger partial charge in [0.1, 0.15) is 11.8 Å². The molecule has 178 valence electrons. The number of carboxylic acid groups (broad SMARTS) is 1. The third-order valence-corrected chi connectivity index (χ3v) is 5.74. The molecule has 1 fully saturated rings. The van der Waals surface area contributed by atoms with Crippen LogP contribution in [0, 0.1) is 5.92 Å². The Morgan fingerprint density at radius 1 is 1.15 bits per heavy atom. The fourth-order valence-electron chi connectivity index (χ4n) is 3.72. The van der Waals surface area contributed by atoms with Crippen molar-refractivity contribution in [2.45, 2.75) is 51.4 Å². The van der Waals surface area contributed by atoms with E-state index >= 15 is 0 Å². The highest BCUT2D eigenvalue weighted by molar-refractivity contribution is 5.87. The van der Waals surface area contributed by atoms with Crippen molar-refractivity contribution in [1.29, 1.82) is 0 Å². The first kappa shape index (κ1) is 23.5. The molecule has 2 unspecified atom stereocenters. The zero-order valence-corrected chi connectivity index (χ0v) is 19.0. The van der Waals surface area contributed by atoms with Crippen molar-refractivity contribution in [2.24, 2.45) is 5.92 Å². The lowest BCUT2D eigenvalue weighted by molar-refractivity contribution is -0.140. The number of oxazole rings is 1. The maximum absolute atomic E-state index is 12.4. The van der Waals surface area contributed by atoms with Crippen LogP contribution < -0.4 is 5.32 Å². The van der Waals surface area contributed by atoms with E-state index < -0.39 is 18.2 Å². The van der Waals surface area contributed by atoms with Gasteiger partial charge in [0.2, 0.25) is 5.88 Å². The average molecular weight is 465 g/mol. The maximum atomic E-state index is 12.4. The van der Waals surface area contributed by atoms with Gasteiger partial charge in [-0.2, -0.15) is 0 Å². The fraction of sp³-hybridized carbons (Fsp3) is 0.346. The van der Waals surface area contributed by atoms with Crippen LogP contribution in [0.3, 0.4) is 0 Å². The number of hydrogen-bond acceptors (Lipinski definition) is 6. The summed E-state index contributed by atoms with van der Waals surface area (Å²) in [6, 6.07) is 16.9. The number of aromatic nitrogens is 1. The Morgan fingerprint density at radius 3 is 2.56 bits per heavy atom. The van der Waals surface area contributed by atoms with Crippen LogP contribution >= 0.6 is 0 Å². The van der Waals surface area contributed by atoms with Gasteiger partial charge in [-0.15, -0.1) is 0 Å². The quantitative estimate of drug-likeness (QED) is 0.368. The first-order chi connectivity index (χ1) is 16.5. The number of carboxylic acids is 1. The molecule has 0 saturated heterocycles. The predicted molar refractivity (Wildman–Crippen MR) is 125 cm³/mol. The highest BCUT2D eigenvalue weighted by atomic mass is 16.6. The zero-order chi connectivity index (χ0) is 23.9. The average Bonchev–Trinajstić information content (AvgIpc) is 3.53. The molecule has 2 aromatic carbocycles. The number of nitrogens with one attached hydrogen (secondary N) is 1. The SMILES string of the molecule is CC(OC(=O)Nc1ocnc1-c1ccc(COC(CC(=O)O)CC2CC2)cc1)c1ccccc1. The van der Waals surface area contributed by atoms with Gasteiger partial charge >= 0.3 is 12.1 Å². The third kappa shape index (κ3) is 6.68. The summed E-state index contributed by atoms with van der Waals surface area (Å²) >= 11 is 0. The van der Waals surface area contributed by atoms with E-state index in [0.717, 1.165) is 36.0 Å². The number of amides is 1. The van der Waals surface area contributed by atoms with Crippen molar-refractivity contribution < 1.29 is 28.6 Å². The molecule has 1 aliphatic carbocycles. The van der Waals surface area contributed by atoms with Crippen LogP contribution in [0.25, 0.3) is 11.3 Å². The number of nitrogens with zero attached hydrogens (tertiary/aromatic N) is 1. The van der Waals surface area contributed by atoms with Crippen molar-refractivity contribution in [2.75, 3.05) is 5.32 Å². The molecule has 1 saturated carbocycles. The van der Waals surface area contributed by atoms with Crippen molar-refractivity contribution in [1.82, 2.24) is 4.98 Å². The minimum atomic E-state index is -0.844. The van der Waals surface area contributed by atoms with E-state index in [4.69, 9.17) is 19.0 Å². The summed E-state index contributed by atoms with van der Waals surface area (Å²) in [6.07, 6.45) is 3.04. The van der Waals surface area contributed by atoms with Gasteiger partial charge in [0.05, 0.1) is 19.1 Å². The van der Waals surface area contributed by atoms with Crippen molar-refractivity contribution >= 4 is 17.9 Å². The highest BCUT2D eigenvalue weighted by Gasteiger charge is 2.27. The molecular formula is C26H28N2O6. The van der Waals surface area contributed by atoms with Crippen molar-refractivity contribution in [3.8, 4) is 11.3 Å². The first-order valence-electron chi connectivity index (χ1n) is 11.4. The Balaban J connectivity index is 1.34. The fourth-order valence-corrected chi connectivity index (χ4v) is 3.72. The Kier molecular flexibility index (Phi) is 7.59. The summed E-state index contributed by atoms with van der Waals surface area (Å²) in [4.78, 5) is 27.7. The molecule has 8 nitrogen and oxygen atoms in total. The van der Waals surface area contributed by atoms with E-state index in [2.05, 4.69) is 10.3 Å². The van der Waals surface area contributed by atoms with Gasteiger partial charge in [0.15, 0.2) is 6.39 Å². The van der Waals surface area contributed by atoms with E-state index in [-0.39, 0.29) is 18.4 Å². The van der Waals surface area contributed by atoms with Gasteiger partial charge in [0.25, 0.3) is 0 Å². The van der Waals surface area contributed by atoms with Gasteiger partial charge in [0, 0.05) is 5.56 Å². The van der Waals surface area contributed by atoms with Gasteiger partial charge in [-0.3, -0.25) is 10.1 Å². The molecule has 0 bridgehead atoms. The minimum absolute atomic E-state index is 0.0154. The smallest absolute Gasteiger partial charge is 0.414 e. The number of hydrogen-bond donors (Lipinski definition) is 2. The number of rotatable bonds is 11. The van der Waals surface area contributed by atoms with Gasteiger partial charge in [-0.25, -0.2) is 9.78 Å². The van der Waals surface area contributed by atoms with Crippen LogP contribution in [-0.2, 0) is 20.9 Å². The molecule has 1 aromatic heterocycles. The Labute approximate surface area is 197 Å². The molecular weight excluding hydrogens is 436 g/mol. The number of carbonyl (C=O) groups excluding carboxylic acids is 1. The standard InChI is InChI=1S/C26H28N2O6/c1-17(20-5-3-2-4-6-20)34-26(31)28-25-24(27-16-33-25)21-11-9-19(10-12-21)15-32-22(14-23(29)30)13-18-7-8-18/h2-6,9-12,16-18,22H,7-8,13-15H2,1H3,(H,28,31)(H,29,30). The van der Waals surface area contributed by atoms with Crippen LogP contribution in [0.2, 0.25) is 0 Å². The molecule has 0 aliphatic heterocycles. The van der Waals surface area contributed by atoms with Crippen LogP contribution in [0.15, 0.2) is 65.4 Å². The van der Waals surface area contributed by atoms with Crippen molar-refractivity contribution in [3.63, 3.8) is 0 Å². The molecule has 0 spiro atoms. The summed E-state index contributed by atoms with van der Waals surface area (Å²) in [5.74, 6) is -0.0591. The predicted octanol–water partition coefficient (Wildman–Crippen LogP) is 5.81. The summed E-state index contributed by atoms with van der Waals surface area (Å²) < 4.78 is 16.7. The van der Waals surface area contributed by atoms with Crippen LogP contribution in [0.5, 0.6) is 0 Å². The molecule has 4 rings (SSSR count). The van der Waals surface area contributed by atoms with Gasteiger partial charge in [-0.05, 0) is 30.4 Å². The minimum Gasteiger partial charge on any atom is -0.481 e. The van der Waals surface area contributed by atoms with Crippen LogP contribution in [0.1, 0.15) is 49.8 Å². The normalized spacial score (nSPS) is 14.9. The van der Waals surface area contributed by atoms with E-state index in [0.29, 0.717) is 18.2 Å². The summed E-state index contributed by atoms with van der Waals surface area (Å²) in [5.41, 5.74) is 3.04. The summed E-state index contributed by atoms with van der Waals surface area (Å²) in [5, 5.41) is 11.7. The molecule has 1 amide bonds. The molecule has 2 atom stereocenters. The van der Waals surface area contributed by atoms with Crippen LogP contribution in [0.4, 0.5) is 10.7 Å². The second-order valence-electron chi connectivity index (χ2n) is 8.52.